The summed E-state index contributed by atoms with van der Waals surface area (Å²) in [5.41, 5.74) is 1.90. The number of fused-ring (bicyclic) bond motifs is 4. The molecule has 3 fully saturated rings. The molecular formula is C21H28N2O2. The fourth-order valence-corrected chi connectivity index (χ4v) is 4.84. The summed E-state index contributed by atoms with van der Waals surface area (Å²) in [7, 11) is 0. The Morgan fingerprint density at radius 2 is 2.20 bits per heavy atom. The summed E-state index contributed by atoms with van der Waals surface area (Å²) in [5.74, 6) is 2.41. The highest BCUT2D eigenvalue weighted by molar-refractivity contribution is 5.83. The highest BCUT2D eigenvalue weighted by Gasteiger charge is 2.42. The number of aromatic nitrogens is 1. The largest absolute Gasteiger partial charge is 0.494 e. The maximum atomic E-state index is 11.2. The molecule has 1 N–H and O–H groups in total. The average Bonchev–Trinajstić information content (AvgIpc) is 2.67. The predicted molar refractivity (Wildman–Crippen MR) is 99.7 cm³/mol. The highest BCUT2D eigenvalue weighted by Crippen LogP contribution is 2.42. The molecule has 1 aromatic heterocycles. The van der Waals surface area contributed by atoms with Gasteiger partial charge in [-0.1, -0.05) is 13.3 Å². The number of hydrogen-bond acceptors (Lipinski definition) is 4. The number of pyridine rings is 1. The van der Waals surface area contributed by atoms with Crippen molar-refractivity contribution in [3.63, 3.8) is 0 Å². The first-order valence-corrected chi connectivity index (χ1v) is 9.64. The van der Waals surface area contributed by atoms with E-state index in [2.05, 4.69) is 16.8 Å². The van der Waals surface area contributed by atoms with E-state index in [9.17, 15) is 5.11 Å². The van der Waals surface area contributed by atoms with E-state index in [1.165, 1.54) is 12.8 Å². The number of aliphatic hydroxyl groups excluding tert-OH is 1. The Morgan fingerprint density at radius 1 is 1.32 bits per heavy atom. The lowest BCUT2D eigenvalue weighted by atomic mass is 9.72. The van der Waals surface area contributed by atoms with E-state index in [-0.39, 0.29) is 6.04 Å². The molecule has 4 heteroatoms. The van der Waals surface area contributed by atoms with Gasteiger partial charge in [0.2, 0.25) is 0 Å². The molecule has 0 saturated carbocycles. The second kappa shape index (κ2) is 6.93. The average molecular weight is 340 g/mol. The summed E-state index contributed by atoms with van der Waals surface area (Å²) < 4.78 is 5.65. The van der Waals surface area contributed by atoms with Gasteiger partial charge in [-0.3, -0.25) is 9.88 Å². The van der Waals surface area contributed by atoms with Crippen molar-refractivity contribution in [2.24, 2.45) is 11.8 Å². The molecule has 4 heterocycles. The van der Waals surface area contributed by atoms with Gasteiger partial charge in [-0.15, -0.1) is 0 Å². The van der Waals surface area contributed by atoms with Gasteiger partial charge in [0.15, 0.2) is 0 Å². The van der Waals surface area contributed by atoms with Gasteiger partial charge < -0.3 is 9.84 Å². The van der Waals surface area contributed by atoms with Gasteiger partial charge in [0.25, 0.3) is 0 Å². The van der Waals surface area contributed by atoms with Gasteiger partial charge in [0.05, 0.1) is 18.2 Å². The van der Waals surface area contributed by atoms with Crippen molar-refractivity contribution >= 4 is 10.9 Å². The molecule has 0 amide bonds. The van der Waals surface area contributed by atoms with Gasteiger partial charge in [0.1, 0.15) is 5.75 Å². The zero-order valence-electron chi connectivity index (χ0n) is 15.2. The standard InChI is InChI=1S/C21H28N2O2/c1-3-14-13-23-10-8-15(14)11-20(23)21(24)17-7-9-22-19-6-5-16(25-4-2)12-18(17)19/h5-7,9,12,14-15,20-21,24H,3-4,8,10-11,13H2,1-2H3/t14-,15-,20-,21-/m0/s1. The van der Waals surface area contributed by atoms with Crippen molar-refractivity contribution < 1.29 is 9.84 Å². The van der Waals surface area contributed by atoms with E-state index in [0.717, 1.165) is 53.6 Å². The summed E-state index contributed by atoms with van der Waals surface area (Å²) in [6.07, 6.45) is 4.98. The smallest absolute Gasteiger partial charge is 0.120 e. The third-order valence-corrected chi connectivity index (χ3v) is 6.20. The van der Waals surface area contributed by atoms with Crippen molar-refractivity contribution in [3.8, 4) is 5.75 Å². The Hall–Kier alpha value is -1.65. The number of benzene rings is 1. The van der Waals surface area contributed by atoms with Crippen LogP contribution in [0.1, 0.15) is 44.8 Å². The van der Waals surface area contributed by atoms with Gasteiger partial charge in [-0.25, -0.2) is 0 Å². The number of nitrogens with zero attached hydrogens (tertiary/aromatic N) is 2. The second-order valence-electron chi connectivity index (χ2n) is 7.47. The molecule has 5 atom stereocenters. The zero-order chi connectivity index (χ0) is 17.4. The zero-order valence-corrected chi connectivity index (χ0v) is 15.2. The van der Waals surface area contributed by atoms with Crippen molar-refractivity contribution in [3.05, 3.63) is 36.0 Å². The minimum absolute atomic E-state index is 0.225. The van der Waals surface area contributed by atoms with Crippen LogP contribution in [0.3, 0.4) is 0 Å². The lowest BCUT2D eigenvalue weighted by Gasteiger charge is -2.51. The normalized spacial score (nSPS) is 29.7. The molecule has 0 spiro atoms. The molecule has 3 aliphatic rings. The van der Waals surface area contributed by atoms with Crippen molar-refractivity contribution in [1.29, 1.82) is 0 Å². The van der Waals surface area contributed by atoms with Crippen LogP contribution in [0.25, 0.3) is 10.9 Å². The van der Waals surface area contributed by atoms with Gasteiger partial charge >= 0.3 is 0 Å². The molecule has 1 unspecified atom stereocenters. The maximum Gasteiger partial charge on any atom is 0.120 e. The minimum Gasteiger partial charge on any atom is -0.494 e. The fraction of sp³-hybridized carbons (Fsp3) is 0.571. The lowest BCUT2D eigenvalue weighted by Crippen LogP contribution is -2.55. The van der Waals surface area contributed by atoms with Crippen LogP contribution < -0.4 is 4.74 Å². The molecule has 4 nitrogen and oxygen atoms in total. The van der Waals surface area contributed by atoms with Crippen molar-refractivity contribution in [1.82, 2.24) is 9.88 Å². The summed E-state index contributed by atoms with van der Waals surface area (Å²) >= 11 is 0. The van der Waals surface area contributed by atoms with Gasteiger partial charge in [0, 0.05) is 24.2 Å². The Morgan fingerprint density at radius 3 is 2.92 bits per heavy atom. The van der Waals surface area contributed by atoms with Crippen LogP contribution in [-0.4, -0.2) is 40.7 Å². The molecule has 1 aromatic carbocycles. The fourth-order valence-electron chi connectivity index (χ4n) is 4.84. The first kappa shape index (κ1) is 16.8. The van der Waals surface area contributed by atoms with E-state index < -0.39 is 6.10 Å². The summed E-state index contributed by atoms with van der Waals surface area (Å²) in [5, 5.41) is 12.2. The third kappa shape index (κ3) is 3.02. The van der Waals surface area contributed by atoms with Crippen LogP contribution in [-0.2, 0) is 0 Å². The molecule has 25 heavy (non-hydrogen) atoms. The molecule has 134 valence electrons. The monoisotopic (exact) mass is 340 g/mol. The van der Waals surface area contributed by atoms with E-state index in [0.29, 0.717) is 6.61 Å². The first-order valence-electron chi connectivity index (χ1n) is 9.64. The Bertz CT molecular complexity index is 748. The van der Waals surface area contributed by atoms with Crippen LogP contribution >= 0.6 is 0 Å². The molecule has 5 rings (SSSR count). The second-order valence-corrected chi connectivity index (χ2v) is 7.47. The molecule has 2 bridgehead atoms. The van der Waals surface area contributed by atoms with Crippen molar-refractivity contribution in [2.75, 3.05) is 19.7 Å². The van der Waals surface area contributed by atoms with Crippen LogP contribution in [0.5, 0.6) is 5.75 Å². The van der Waals surface area contributed by atoms with Gasteiger partial charge in [-0.2, -0.15) is 0 Å². The van der Waals surface area contributed by atoms with Crippen LogP contribution in [0.2, 0.25) is 0 Å². The van der Waals surface area contributed by atoms with E-state index in [1.807, 2.05) is 37.4 Å². The summed E-state index contributed by atoms with van der Waals surface area (Å²) in [6, 6.07) is 8.16. The number of piperidine rings is 3. The molecule has 2 aromatic rings. The van der Waals surface area contributed by atoms with Gasteiger partial charge in [-0.05, 0) is 68.0 Å². The quantitative estimate of drug-likeness (QED) is 0.899. The highest BCUT2D eigenvalue weighted by atomic mass is 16.5. The first-order chi connectivity index (χ1) is 12.2. The topological polar surface area (TPSA) is 45.6 Å². The molecule has 0 aliphatic carbocycles. The predicted octanol–water partition coefficient (Wildman–Crippen LogP) is 3.79. The molecule has 0 radical (unpaired) electrons. The Balaban J connectivity index is 1.66. The minimum atomic E-state index is -0.469. The van der Waals surface area contributed by atoms with E-state index >= 15 is 0 Å². The Labute approximate surface area is 149 Å². The van der Waals surface area contributed by atoms with E-state index in [4.69, 9.17) is 4.74 Å². The summed E-state index contributed by atoms with van der Waals surface area (Å²) in [6.45, 7) is 7.18. The Kier molecular flexibility index (Phi) is 4.65. The van der Waals surface area contributed by atoms with Crippen molar-refractivity contribution in [2.45, 2.75) is 45.3 Å². The van der Waals surface area contributed by atoms with E-state index in [1.54, 1.807) is 0 Å². The third-order valence-electron chi connectivity index (χ3n) is 6.20. The maximum absolute atomic E-state index is 11.2. The van der Waals surface area contributed by atoms with Crippen LogP contribution in [0, 0.1) is 11.8 Å². The number of hydrogen-bond donors (Lipinski definition) is 1. The molecular weight excluding hydrogens is 312 g/mol. The summed E-state index contributed by atoms with van der Waals surface area (Å²) in [4.78, 5) is 6.98. The molecule has 3 aliphatic heterocycles. The SMILES string of the molecule is CCOc1ccc2nccc([C@H](O)[C@@H]3C[C@@H]4CCN3C[C@@H]4CC)c2c1. The lowest BCUT2D eigenvalue weighted by molar-refractivity contribution is -0.0562. The van der Waals surface area contributed by atoms with Crippen LogP contribution in [0.4, 0.5) is 0 Å². The number of rotatable bonds is 5. The number of aliphatic hydroxyl groups is 1. The molecule has 3 saturated heterocycles. The number of ether oxygens (including phenoxy) is 1. The van der Waals surface area contributed by atoms with Crippen LogP contribution in [0.15, 0.2) is 30.5 Å².